The number of hydrogen-bond donors (Lipinski definition) is 1. The van der Waals surface area contributed by atoms with E-state index in [0.29, 0.717) is 18.3 Å². The van der Waals surface area contributed by atoms with Gasteiger partial charge in [-0.1, -0.05) is 25.1 Å². The number of ether oxygens (including phenoxy) is 1. The van der Waals surface area contributed by atoms with Gasteiger partial charge in [0.1, 0.15) is 4.83 Å². The molecule has 1 aliphatic carbocycles. The fourth-order valence-corrected chi connectivity index (χ4v) is 5.80. The van der Waals surface area contributed by atoms with Gasteiger partial charge in [-0.05, 0) is 44.6 Å². The van der Waals surface area contributed by atoms with Crippen LogP contribution in [0.1, 0.15) is 50.0 Å². The van der Waals surface area contributed by atoms with Crippen molar-refractivity contribution in [1.82, 2.24) is 14.9 Å². The molecule has 1 amide bonds. The highest BCUT2D eigenvalue weighted by molar-refractivity contribution is 7.99. The molecule has 0 saturated carbocycles. The molecule has 0 aliphatic heterocycles. The van der Waals surface area contributed by atoms with Crippen molar-refractivity contribution in [3.8, 4) is 0 Å². The van der Waals surface area contributed by atoms with Crippen molar-refractivity contribution in [2.24, 2.45) is 0 Å². The zero-order chi connectivity index (χ0) is 20.1. The van der Waals surface area contributed by atoms with Gasteiger partial charge in [0, 0.05) is 18.0 Å². The van der Waals surface area contributed by atoms with Gasteiger partial charge in [-0.25, -0.2) is 4.98 Å². The molecule has 2 aromatic heterocycles. The second-order valence-electron chi connectivity index (χ2n) is 7.28. The molecule has 154 valence electrons. The molecule has 2 aromatic rings. The summed E-state index contributed by atoms with van der Waals surface area (Å²) in [4.78, 5) is 32.4. The van der Waals surface area contributed by atoms with E-state index in [1.807, 2.05) is 6.92 Å². The SMILES string of the molecule is CCC[C@H](C)NC(=O)CSc1nc2sc3c(c2c(=O)n1CCOC)CCCC3. The largest absolute Gasteiger partial charge is 0.383 e. The fourth-order valence-electron chi connectivity index (χ4n) is 3.66. The molecule has 0 radical (unpaired) electrons. The molecule has 0 fully saturated rings. The van der Waals surface area contributed by atoms with Gasteiger partial charge in [0.15, 0.2) is 5.16 Å². The van der Waals surface area contributed by atoms with Crippen molar-refractivity contribution in [2.75, 3.05) is 19.5 Å². The average molecular weight is 424 g/mol. The molecule has 8 heteroatoms. The Morgan fingerprint density at radius 2 is 2.18 bits per heavy atom. The number of carbonyl (C=O) groups excluding carboxylic acids is 1. The number of carbonyl (C=O) groups is 1. The summed E-state index contributed by atoms with van der Waals surface area (Å²) < 4.78 is 6.88. The van der Waals surface area contributed by atoms with Crippen LogP contribution in [0.4, 0.5) is 0 Å². The van der Waals surface area contributed by atoms with Crippen molar-refractivity contribution < 1.29 is 9.53 Å². The van der Waals surface area contributed by atoms with E-state index in [9.17, 15) is 9.59 Å². The van der Waals surface area contributed by atoms with Crippen molar-refractivity contribution in [3.05, 3.63) is 20.8 Å². The van der Waals surface area contributed by atoms with Crippen LogP contribution in [0, 0.1) is 0 Å². The van der Waals surface area contributed by atoms with Crippen LogP contribution >= 0.6 is 23.1 Å². The first-order chi connectivity index (χ1) is 13.5. The van der Waals surface area contributed by atoms with Crippen molar-refractivity contribution in [1.29, 1.82) is 0 Å². The van der Waals surface area contributed by atoms with E-state index in [1.165, 1.54) is 28.6 Å². The Balaban J connectivity index is 1.87. The van der Waals surface area contributed by atoms with Crippen LogP contribution in [-0.2, 0) is 28.9 Å². The summed E-state index contributed by atoms with van der Waals surface area (Å²) in [5, 5.41) is 4.39. The molecule has 1 atom stereocenters. The van der Waals surface area contributed by atoms with E-state index in [-0.39, 0.29) is 23.3 Å². The van der Waals surface area contributed by atoms with Crippen LogP contribution in [0.2, 0.25) is 0 Å². The van der Waals surface area contributed by atoms with Crippen LogP contribution in [0.25, 0.3) is 10.2 Å². The summed E-state index contributed by atoms with van der Waals surface area (Å²) in [5.74, 6) is 0.230. The summed E-state index contributed by atoms with van der Waals surface area (Å²) in [6, 6.07) is 0.160. The normalized spacial score (nSPS) is 14.8. The highest BCUT2D eigenvalue weighted by Crippen LogP contribution is 2.34. The molecule has 0 unspecified atom stereocenters. The predicted octanol–water partition coefficient (Wildman–Crippen LogP) is 3.38. The third-order valence-corrected chi connectivity index (χ3v) is 7.18. The van der Waals surface area contributed by atoms with Gasteiger partial charge >= 0.3 is 0 Å². The van der Waals surface area contributed by atoms with Crippen LogP contribution in [0.5, 0.6) is 0 Å². The summed E-state index contributed by atoms with van der Waals surface area (Å²) in [5.41, 5.74) is 1.20. The summed E-state index contributed by atoms with van der Waals surface area (Å²) in [6.45, 7) is 5.00. The fraction of sp³-hybridized carbons (Fsp3) is 0.650. The Morgan fingerprint density at radius 3 is 2.93 bits per heavy atom. The molecular weight excluding hydrogens is 394 g/mol. The van der Waals surface area contributed by atoms with Crippen LogP contribution in [0.3, 0.4) is 0 Å². The molecule has 6 nitrogen and oxygen atoms in total. The van der Waals surface area contributed by atoms with Gasteiger partial charge < -0.3 is 10.1 Å². The maximum absolute atomic E-state index is 13.3. The van der Waals surface area contributed by atoms with Gasteiger partial charge in [-0.3, -0.25) is 14.2 Å². The van der Waals surface area contributed by atoms with E-state index in [1.54, 1.807) is 23.0 Å². The number of aryl methyl sites for hydroxylation is 2. The van der Waals surface area contributed by atoms with Crippen molar-refractivity contribution in [2.45, 2.75) is 70.1 Å². The monoisotopic (exact) mass is 423 g/mol. The van der Waals surface area contributed by atoms with Crippen LogP contribution in [-0.4, -0.2) is 41.0 Å². The van der Waals surface area contributed by atoms with Gasteiger partial charge in [0.25, 0.3) is 5.56 Å². The molecule has 1 N–H and O–H groups in total. The van der Waals surface area contributed by atoms with Gasteiger partial charge in [-0.2, -0.15) is 0 Å². The van der Waals surface area contributed by atoms with E-state index in [0.717, 1.165) is 42.3 Å². The minimum absolute atomic E-state index is 0.00343. The van der Waals surface area contributed by atoms with E-state index < -0.39 is 0 Å². The first-order valence-electron chi connectivity index (χ1n) is 10.0. The number of nitrogens with zero attached hydrogens (tertiary/aromatic N) is 2. The number of thioether (sulfide) groups is 1. The van der Waals surface area contributed by atoms with Gasteiger partial charge in [0.05, 0.1) is 24.3 Å². The third kappa shape index (κ3) is 4.78. The van der Waals surface area contributed by atoms with Gasteiger partial charge in [-0.15, -0.1) is 11.3 Å². The quantitative estimate of drug-likeness (QED) is 0.494. The number of fused-ring (bicyclic) bond motifs is 3. The number of methoxy groups -OCH3 is 1. The molecule has 28 heavy (non-hydrogen) atoms. The number of hydrogen-bond acceptors (Lipinski definition) is 6. The number of aromatic nitrogens is 2. The van der Waals surface area contributed by atoms with Crippen LogP contribution in [0.15, 0.2) is 9.95 Å². The number of thiophene rings is 1. The number of nitrogens with one attached hydrogen (secondary N) is 1. The Morgan fingerprint density at radius 1 is 1.39 bits per heavy atom. The van der Waals surface area contributed by atoms with Crippen molar-refractivity contribution in [3.63, 3.8) is 0 Å². The molecule has 2 heterocycles. The Bertz CT molecular complexity index is 891. The summed E-state index contributed by atoms with van der Waals surface area (Å²) in [7, 11) is 1.62. The zero-order valence-electron chi connectivity index (χ0n) is 16.9. The first-order valence-corrected chi connectivity index (χ1v) is 11.8. The average Bonchev–Trinajstić information content (AvgIpc) is 3.04. The Labute approximate surface area is 174 Å². The second-order valence-corrected chi connectivity index (χ2v) is 9.31. The lowest BCUT2D eigenvalue weighted by Crippen LogP contribution is -2.34. The van der Waals surface area contributed by atoms with Gasteiger partial charge in [0.2, 0.25) is 5.91 Å². The maximum atomic E-state index is 13.3. The lowest BCUT2D eigenvalue weighted by atomic mass is 9.97. The minimum Gasteiger partial charge on any atom is -0.383 e. The lowest BCUT2D eigenvalue weighted by molar-refractivity contribution is -0.119. The first kappa shape index (κ1) is 21.3. The molecule has 0 aromatic carbocycles. The maximum Gasteiger partial charge on any atom is 0.263 e. The molecular formula is C20H29N3O3S2. The Kier molecular flexibility index (Phi) is 7.54. The highest BCUT2D eigenvalue weighted by Gasteiger charge is 2.22. The second kappa shape index (κ2) is 9.89. The number of amides is 1. The lowest BCUT2D eigenvalue weighted by Gasteiger charge is -2.14. The topological polar surface area (TPSA) is 73.2 Å². The van der Waals surface area contributed by atoms with Crippen LogP contribution < -0.4 is 10.9 Å². The number of rotatable bonds is 9. The predicted molar refractivity (Wildman–Crippen MR) is 116 cm³/mol. The molecule has 0 saturated heterocycles. The standard InChI is InChI=1S/C20H29N3O3S2/c1-4-7-13(2)21-16(24)12-27-20-22-18-17(19(25)23(20)10-11-26-3)14-8-5-6-9-15(14)28-18/h13H,4-12H2,1-3H3,(H,21,24)/t13-/m0/s1. The third-order valence-electron chi connectivity index (χ3n) is 5.02. The molecule has 1 aliphatic rings. The van der Waals surface area contributed by atoms with Crippen molar-refractivity contribution >= 4 is 39.2 Å². The molecule has 0 spiro atoms. The van der Waals surface area contributed by atoms with E-state index in [4.69, 9.17) is 9.72 Å². The van der Waals surface area contributed by atoms with E-state index in [2.05, 4.69) is 12.2 Å². The molecule has 0 bridgehead atoms. The Hall–Kier alpha value is -1.38. The smallest absolute Gasteiger partial charge is 0.263 e. The minimum atomic E-state index is -0.0240. The summed E-state index contributed by atoms with van der Waals surface area (Å²) in [6.07, 6.45) is 6.29. The van der Waals surface area contributed by atoms with E-state index >= 15 is 0 Å². The summed E-state index contributed by atoms with van der Waals surface area (Å²) >= 11 is 2.97. The molecule has 3 rings (SSSR count). The highest BCUT2D eigenvalue weighted by atomic mass is 32.2. The zero-order valence-corrected chi connectivity index (χ0v) is 18.5.